The lowest BCUT2D eigenvalue weighted by molar-refractivity contribution is 0.304. The van der Waals surface area contributed by atoms with Crippen LogP contribution in [0.3, 0.4) is 0 Å². The first kappa shape index (κ1) is 13.0. The van der Waals surface area contributed by atoms with E-state index in [1.807, 2.05) is 24.3 Å². The molecule has 2 nitrogen and oxygen atoms in total. The number of ether oxygens (including phenoxy) is 1. The molecule has 0 atom stereocenters. The number of para-hydroxylation sites is 1. The Morgan fingerprint density at radius 2 is 2.00 bits per heavy atom. The molecule has 0 radical (unpaired) electrons. The van der Waals surface area contributed by atoms with Crippen LogP contribution in [0.2, 0.25) is 0 Å². The normalized spacial score (nSPS) is 10.1. The van der Waals surface area contributed by atoms with Crippen LogP contribution in [-0.4, -0.2) is 11.6 Å². The average molecular weight is 237 g/mol. The third kappa shape index (κ3) is 4.19. The van der Waals surface area contributed by atoms with E-state index in [4.69, 9.17) is 22.7 Å². The summed E-state index contributed by atoms with van der Waals surface area (Å²) in [6.45, 7) is 2.93. The van der Waals surface area contributed by atoms with Gasteiger partial charge in [-0.2, -0.15) is 0 Å². The van der Waals surface area contributed by atoms with Crippen LogP contribution in [0, 0.1) is 0 Å². The predicted molar refractivity (Wildman–Crippen MR) is 72.0 cm³/mol. The van der Waals surface area contributed by atoms with E-state index in [1.165, 1.54) is 19.3 Å². The van der Waals surface area contributed by atoms with E-state index in [0.717, 1.165) is 24.3 Å². The summed E-state index contributed by atoms with van der Waals surface area (Å²) in [5, 5.41) is 0. The van der Waals surface area contributed by atoms with Crippen LogP contribution in [0.5, 0.6) is 5.75 Å². The van der Waals surface area contributed by atoms with E-state index in [9.17, 15) is 0 Å². The molecule has 0 saturated carbocycles. The highest BCUT2D eigenvalue weighted by Crippen LogP contribution is 2.18. The Morgan fingerprint density at radius 1 is 1.25 bits per heavy atom. The van der Waals surface area contributed by atoms with E-state index in [-0.39, 0.29) is 0 Å². The van der Waals surface area contributed by atoms with Crippen LogP contribution in [-0.2, 0) is 0 Å². The minimum absolute atomic E-state index is 0.393. The summed E-state index contributed by atoms with van der Waals surface area (Å²) in [7, 11) is 0. The molecule has 1 aromatic rings. The maximum Gasteiger partial charge on any atom is 0.129 e. The maximum atomic E-state index is 5.68. The van der Waals surface area contributed by atoms with Gasteiger partial charge in [-0.15, -0.1) is 0 Å². The van der Waals surface area contributed by atoms with Gasteiger partial charge in [0.05, 0.1) is 12.2 Å². The first-order valence-electron chi connectivity index (χ1n) is 5.77. The molecule has 0 aromatic heterocycles. The van der Waals surface area contributed by atoms with Crippen molar-refractivity contribution < 1.29 is 4.74 Å². The van der Waals surface area contributed by atoms with Gasteiger partial charge in [-0.05, 0) is 18.6 Å². The van der Waals surface area contributed by atoms with Crippen LogP contribution in [0.1, 0.15) is 38.2 Å². The highest BCUT2D eigenvalue weighted by atomic mass is 32.1. The summed E-state index contributed by atoms with van der Waals surface area (Å²) in [4.78, 5) is 0.393. The third-order valence-electron chi connectivity index (χ3n) is 2.41. The molecule has 16 heavy (non-hydrogen) atoms. The zero-order chi connectivity index (χ0) is 11.8. The zero-order valence-electron chi connectivity index (χ0n) is 9.74. The molecule has 0 unspecified atom stereocenters. The molecule has 0 spiro atoms. The van der Waals surface area contributed by atoms with Crippen LogP contribution in [0.4, 0.5) is 0 Å². The van der Waals surface area contributed by atoms with Gasteiger partial charge >= 0.3 is 0 Å². The smallest absolute Gasteiger partial charge is 0.129 e. The molecule has 0 amide bonds. The first-order chi connectivity index (χ1) is 7.75. The maximum absolute atomic E-state index is 5.68. The number of benzene rings is 1. The van der Waals surface area contributed by atoms with E-state index in [1.54, 1.807) is 0 Å². The van der Waals surface area contributed by atoms with Crippen molar-refractivity contribution in [1.29, 1.82) is 0 Å². The lowest BCUT2D eigenvalue weighted by atomic mass is 10.2. The minimum atomic E-state index is 0.393. The Bertz CT molecular complexity index is 338. The topological polar surface area (TPSA) is 35.2 Å². The molecule has 0 bridgehead atoms. The largest absolute Gasteiger partial charge is 0.493 e. The van der Waals surface area contributed by atoms with E-state index >= 15 is 0 Å². The number of thiocarbonyl (C=S) groups is 1. The molecular formula is C13H19NOS. The fraction of sp³-hybridized carbons (Fsp3) is 0.462. The van der Waals surface area contributed by atoms with Crippen molar-refractivity contribution in [3.8, 4) is 5.75 Å². The summed E-state index contributed by atoms with van der Waals surface area (Å²) < 4.78 is 5.68. The second kappa shape index (κ2) is 7.23. The van der Waals surface area contributed by atoms with Crippen molar-refractivity contribution >= 4 is 17.2 Å². The number of nitrogens with two attached hydrogens (primary N) is 1. The van der Waals surface area contributed by atoms with Crippen molar-refractivity contribution in [2.75, 3.05) is 6.61 Å². The Balaban J connectivity index is 2.44. The molecule has 88 valence electrons. The lowest BCUT2D eigenvalue weighted by Gasteiger charge is -2.10. The molecule has 0 heterocycles. The molecular weight excluding hydrogens is 218 g/mol. The number of rotatable bonds is 7. The van der Waals surface area contributed by atoms with Crippen molar-refractivity contribution in [1.82, 2.24) is 0 Å². The zero-order valence-corrected chi connectivity index (χ0v) is 10.6. The van der Waals surface area contributed by atoms with Gasteiger partial charge in [0, 0.05) is 0 Å². The summed E-state index contributed by atoms with van der Waals surface area (Å²) in [5.41, 5.74) is 6.44. The van der Waals surface area contributed by atoms with Crippen molar-refractivity contribution in [3.63, 3.8) is 0 Å². The van der Waals surface area contributed by atoms with Crippen molar-refractivity contribution in [2.45, 2.75) is 32.6 Å². The van der Waals surface area contributed by atoms with Gasteiger partial charge in [-0.1, -0.05) is 50.5 Å². The molecule has 0 aliphatic rings. The van der Waals surface area contributed by atoms with Crippen LogP contribution in [0.15, 0.2) is 24.3 Å². The number of hydrogen-bond donors (Lipinski definition) is 1. The summed E-state index contributed by atoms with van der Waals surface area (Å²) in [6.07, 6.45) is 4.80. The van der Waals surface area contributed by atoms with Gasteiger partial charge in [0.1, 0.15) is 10.7 Å². The first-order valence-corrected chi connectivity index (χ1v) is 6.18. The fourth-order valence-corrected chi connectivity index (χ4v) is 1.68. The van der Waals surface area contributed by atoms with Gasteiger partial charge in [-0.3, -0.25) is 0 Å². The second-order valence-electron chi connectivity index (χ2n) is 3.77. The average Bonchev–Trinajstić information content (AvgIpc) is 2.29. The highest BCUT2D eigenvalue weighted by Gasteiger charge is 2.04. The number of hydrogen-bond acceptors (Lipinski definition) is 2. The van der Waals surface area contributed by atoms with Gasteiger partial charge in [0.15, 0.2) is 0 Å². The van der Waals surface area contributed by atoms with Gasteiger partial charge in [0.2, 0.25) is 0 Å². The SMILES string of the molecule is CCCCCCOc1ccccc1C(N)=S. The Morgan fingerprint density at radius 3 is 2.69 bits per heavy atom. The molecule has 0 aliphatic heterocycles. The quantitative estimate of drug-likeness (QED) is 0.584. The Hall–Kier alpha value is -1.09. The summed E-state index contributed by atoms with van der Waals surface area (Å²) in [6, 6.07) is 7.65. The van der Waals surface area contributed by atoms with E-state index in [0.29, 0.717) is 4.99 Å². The van der Waals surface area contributed by atoms with Crippen LogP contribution in [0.25, 0.3) is 0 Å². The molecule has 1 aromatic carbocycles. The standard InChI is InChI=1S/C13H19NOS/c1-2-3-4-7-10-15-12-9-6-5-8-11(12)13(14)16/h5-6,8-9H,2-4,7,10H2,1H3,(H2,14,16). The highest BCUT2D eigenvalue weighted by molar-refractivity contribution is 7.80. The molecule has 0 saturated heterocycles. The van der Waals surface area contributed by atoms with Gasteiger partial charge in [-0.25, -0.2) is 0 Å². The van der Waals surface area contributed by atoms with Crippen molar-refractivity contribution in [3.05, 3.63) is 29.8 Å². The van der Waals surface area contributed by atoms with Crippen LogP contribution >= 0.6 is 12.2 Å². The summed E-state index contributed by atoms with van der Waals surface area (Å²) in [5.74, 6) is 0.798. The fourth-order valence-electron chi connectivity index (χ4n) is 1.51. The summed E-state index contributed by atoms with van der Waals surface area (Å²) >= 11 is 4.97. The molecule has 3 heteroatoms. The Labute approximate surface area is 103 Å². The monoisotopic (exact) mass is 237 g/mol. The molecule has 0 fully saturated rings. The lowest BCUT2D eigenvalue weighted by Crippen LogP contribution is -2.11. The minimum Gasteiger partial charge on any atom is -0.493 e. The molecule has 1 rings (SSSR count). The van der Waals surface area contributed by atoms with E-state index in [2.05, 4.69) is 6.92 Å². The van der Waals surface area contributed by atoms with Gasteiger partial charge < -0.3 is 10.5 Å². The predicted octanol–water partition coefficient (Wildman–Crippen LogP) is 3.28. The number of unbranched alkanes of at least 4 members (excludes halogenated alkanes) is 3. The second-order valence-corrected chi connectivity index (χ2v) is 4.21. The van der Waals surface area contributed by atoms with Crippen molar-refractivity contribution in [2.24, 2.45) is 5.73 Å². The molecule has 2 N–H and O–H groups in total. The van der Waals surface area contributed by atoms with Crippen LogP contribution < -0.4 is 10.5 Å². The Kier molecular flexibility index (Phi) is 5.86. The van der Waals surface area contributed by atoms with Gasteiger partial charge in [0.25, 0.3) is 0 Å². The third-order valence-corrected chi connectivity index (χ3v) is 2.63. The molecule has 0 aliphatic carbocycles. The van der Waals surface area contributed by atoms with E-state index < -0.39 is 0 Å².